The lowest BCUT2D eigenvalue weighted by Gasteiger charge is -2.32. The summed E-state index contributed by atoms with van der Waals surface area (Å²) in [6.45, 7) is 1.76. The minimum Gasteiger partial charge on any atom is -0.394 e. The van der Waals surface area contributed by atoms with Crippen LogP contribution in [0.15, 0.2) is 18.2 Å². The van der Waals surface area contributed by atoms with Gasteiger partial charge in [-0.3, -0.25) is 0 Å². The molecule has 112 valence electrons. The second-order valence-corrected chi connectivity index (χ2v) is 6.29. The summed E-state index contributed by atoms with van der Waals surface area (Å²) in [5.74, 6) is -1.24. The van der Waals surface area contributed by atoms with E-state index in [1.165, 1.54) is 0 Å². The first-order valence-electron chi connectivity index (χ1n) is 6.91. The molecule has 2 N–H and O–H groups in total. The quantitative estimate of drug-likeness (QED) is 0.813. The fourth-order valence-corrected chi connectivity index (χ4v) is 3.28. The SMILES string of the molecule is CC(c1ccc(Cl)cc1Cl)C(CO)OC1(O)CCCC1. The smallest absolute Gasteiger partial charge is 0.165 e. The summed E-state index contributed by atoms with van der Waals surface area (Å²) in [6, 6.07) is 5.27. The molecule has 0 spiro atoms. The molecule has 0 aliphatic heterocycles. The molecule has 3 nitrogen and oxygen atoms in total. The molecule has 2 atom stereocenters. The van der Waals surface area contributed by atoms with E-state index in [0.29, 0.717) is 22.9 Å². The van der Waals surface area contributed by atoms with Gasteiger partial charge >= 0.3 is 0 Å². The first kappa shape index (κ1) is 16.1. The van der Waals surface area contributed by atoms with Crippen molar-refractivity contribution < 1.29 is 14.9 Å². The van der Waals surface area contributed by atoms with Gasteiger partial charge in [-0.05, 0) is 30.5 Å². The van der Waals surface area contributed by atoms with E-state index in [1.54, 1.807) is 12.1 Å². The van der Waals surface area contributed by atoms with Gasteiger partial charge in [-0.1, -0.05) is 36.2 Å². The molecule has 1 aromatic carbocycles. The van der Waals surface area contributed by atoms with Gasteiger partial charge < -0.3 is 14.9 Å². The van der Waals surface area contributed by atoms with Crippen LogP contribution in [-0.4, -0.2) is 28.7 Å². The highest BCUT2D eigenvalue weighted by Gasteiger charge is 2.36. The van der Waals surface area contributed by atoms with Crippen molar-refractivity contribution in [1.82, 2.24) is 0 Å². The minimum atomic E-state index is -1.11. The van der Waals surface area contributed by atoms with E-state index in [4.69, 9.17) is 27.9 Å². The average Bonchev–Trinajstić information content (AvgIpc) is 2.82. The Morgan fingerprint density at radius 1 is 1.30 bits per heavy atom. The molecule has 2 unspecified atom stereocenters. The third kappa shape index (κ3) is 3.66. The zero-order chi connectivity index (χ0) is 14.8. The molecule has 2 rings (SSSR count). The third-order valence-electron chi connectivity index (χ3n) is 3.95. The lowest BCUT2D eigenvalue weighted by atomic mass is 9.95. The second-order valence-electron chi connectivity index (χ2n) is 5.45. The van der Waals surface area contributed by atoms with Crippen molar-refractivity contribution in [2.24, 2.45) is 0 Å². The van der Waals surface area contributed by atoms with Crippen LogP contribution in [0.2, 0.25) is 10.0 Å². The Labute approximate surface area is 129 Å². The Bertz CT molecular complexity index is 458. The van der Waals surface area contributed by atoms with Crippen LogP contribution in [-0.2, 0) is 4.74 Å². The number of aliphatic hydroxyl groups is 2. The lowest BCUT2D eigenvalue weighted by Crippen LogP contribution is -2.38. The predicted molar refractivity (Wildman–Crippen MR) is 80.3 cm³/mol. The first-order valence-corrected chi connectivity index (χ1v) is 7.67. The summed E-state index contributed by atoms with van der Waals surface area (Å²) in [5, 5.41) is 21.0. The number of halogens is 2. The number of hydrogen-bond acceptors (Lipinski definition) is 3. The summed E-state index contributed by atoms with van der Waals surface area (Å²) >= 11 is 12.1. The van der Waals surface area contributed by atoms with Crippen molar-refractivity contribution in [3.05, 3.63) is 33.8 Å². The van der Waals surface area contributed by atoms with Crippen LogP contribution < -0.4 is 0 Å². The summed E-state index contributed by atoms with van der Waals surface area (Å²) in [5.41, 5.74) is 0.858. The highest BCUT2D eigenvalue weighted by atomic mass is 35.5. The van der Waals surface area contributed by atoms with Crippen LogP contribution in [0.5, 0.6) is 0 Å². The molecule has 0 amide bonds. The average molecular weight is 319 g/mol. The fraction of sp³-hybridized carbons (Fsp3) is 0.600. The van der Waals surface area contributed by atoms with Gasteiger partial charge in [0.1, 0.15) is 0 Å². The summed E-state index contributed by atoms with van der Waals surface area (Å²) in [4.78, 5) is 0. The van der Waals surface area contributed by atoms with Gasteiger partial charge in [0.25, 0.3) is 0 Å². The zero-order valence-corrected chi connectivity index (χ0v) is 13.0. The molecule has 1 aromatic rings. The number of hydrogen-bond donors (Lipinski definition) is 2. The van der Waals surface area contributed by atoms with Gasteiger partial charge in [-0.2, -0.15) is 0 Å². The molecule has 1 aliphatic rings. The van der Waals surface area contributed by atoms with Gasteiger partial charge in [0.05, 0.1) is 12.7 Å². The predicted octanol–water partition coefficient (Wildman–Crippen LogP) is 3.74. The van der Waals surface area contributed by atoms with Crippen molar-refractivity contribution >= 4 is 23.2 Å². The molecule has 20 heavy (non-hydrogen) atoms. The van der Waals surface area contributed by atoms with Crippen molar-refractivity contribution in [2.45, 2.75) is 50.4 Å². The normalized spacial score (nSPS) is 20.9. The molecule has 0 saturated heterocycles. The molecular weight excluding hydrogens is 299 g/mol. The fourth-order valence-electron chi connectivity index (χ4n) is 2.70. The zero-order valence-electron chi connectivity index (χ0n) is 11.5. The van der Waals surface area contributed by atoms with Gasteiger partial charge in [-0.25, -0.2) is 0 Å². The molecule has 1 fully saturated rings. The molecule has 1 saturated carbocycles. The Morgan fingerprint density at radius 3 is 2.50 bits per heavy atom. The molecule has 0 bridgehead atoms. The highest BCUT2D eigenvalue weighted by Crippen LogP contribution is 2.36. The van der Waals surface area contributed by atoms with E-state index in [-0.39, 0.29) is 12.5 Å². The van der Waals surface area contributed by atoms with Crippen molar-refractivity contribution in [3.8, 4) is 0 Å². The van der Waals surface area contributed by atoms with Crippen molar-refractivity contribution in [2.75, 3.05) is 6.61 Å². The molecule has 0 aromatic heterocycles. The van der Waals surface area contributed by atoms with Crippen LogP contribution in [0.3, 0.4) is 0 Å². The first-order chi connectivity index (χ1) is 9.45. The maximum absolute atomic E-state index is 10.3. The van der Waals surface area contributed by atoms with Crippen LogP contribution in [0, 0.1) is 0 Å². The van der Waals surface area contributed by atoms with Crippen LogP contribution in [0.1, 0.15) is 44.1 Å². The summed E-state index contributed by atoms with van der Waals surface area (Å²) in [6.07, 6.45) is 2.64. The Morgan fingerprint density at radius 2 is 1.95 bits per heavy atom. The topological polar surface area (TPSA) is 49.7 Å². The largest absolute Gasteiger partial charge is 0.394 e. The van der Waals surface area contributed by atoms with Crippen LogP contribution >= 0.6 is 23.2 Å². The van der Waals surface area contributed by atoms with Crippen molar-refractivity contribution in [3.63, 3.8) is 0 Å². The minimum absolute atomic E-state index is 0.130. The Hall–Kier alpha value is -0.320. The molecule has 1 aliphatic carbocycles. The van der Waals surface area contributed by atoms with Crippen molar-refractivity contribution in [1.29, 1.82) is 0 Å². The standard InChI is InChI=1S/C15H20Cl2O3/c1-10(12-5-4-11(16)8-13(12)17)14(9-18)20-15(19)6-2-3-7-15/h4-5,8,10,14,18-19H,2-3,6-7,9H2,1H3. The van der Waals surface area contributed by atoms with Crippen LogP contribution in [0.25, 0.3) is 0 Å². The number of benzene rings is 1. The maximum atomic E-state index is 10.3. The van der Waals surface area contributed by atoms with Gasteiger partial charge in [0.15, 0.2) is 5.79 Å². The van der Waals surface area contributed by atoms with Crippen LogP contribution in [0.4, 0.5) is 0 Å². The maximum Gasteiger partial charge on any atom is 0.165 e. The van der Waals surface area contributed by atoms with Gasteiger partial charge in [0, 0.05) is 28.8 Å². The van der Waals surface area contributed by atoms with E-state index < -0.39 is 11.9 Å². The van der Waals surface area contributed by atoms with E-state index in [9.17, 15) is 10.2 Å². The molecule has 0 heterocycles. The van der Waals surface area contributed by atoms with Gasteiger partial charge in [0.2, 0.25) is 0 Å². The van der Waals surface area contributed by atoms with E-state index in [2.05, 4.69) is 0 Å². The molecular formula is C15H20Cl2O3. The monoisotopic (exact) mass is 318 g/mol. The second kappa shape index (κ2) is 6.63. The highest BCUT2D eigenvalue weighted by molar-refractivity contribution is 6.35. The molecule has 0 radical (unpaired) electrons. The summed E-state index contributed by atoms with van der Waals surface area (Å²) < 4.78 is 5.76. The van der Waals surface area contributed by atoms with E-state index in [1.807, 2.05) is 13.0 Å². The summed E-state index contributed by atoms with van der Waals surface area (Å²) in [7, 11) is 0. The molecule has 5 heteroatoms. The lowest BCUT2D eigenvalue weighted by molar-refractivity contribution is -0.234. The third-order valence-corrected chi connectivity index (χ3v) is 4.51. The van der Waals surface area contributed by atoms with E-state index in [0.717, 1.165) is 18.4 Å². The number of ether oxygens (including phenoxy) is 1. The number of aliphatic hydroxyl groups excluding tert-OH is 1. The Kier molecular flexibility index (Phi) is 5.32. The van der Waals surface area contributed by atoms with Gasteiger partial charge in [-0.15, -0.1) is 0 Å². The Balaban J connectivity index is 2.13. The van der Waals surface area contributed by atoms with E-state index >= 15 is 0 Å². The number of rotatable bonds is 5.